The molecule has 5 aromatic rings. The van der Waals surface area contributed by atoms with Gasteiger partial charge < -0.3 is 20.3 Å². The van der Waals surface area contributed by atoms with E-state index in [1.54, 1.807) is 43.2 Å². The summed E-state index contributed by atoms with van der Waals surface area (Å²) in [6, 6.07) is 3.72. The van der Waals surface area contributed by atoms with E-state index in [1.165, 1.54) is 6.07 Å². The second-order valence-electron chi connectivity index (χ2n) is 9.19. The van der Waals surface area contributed by atoms with Gasteiger partial charge in [-0.2, -0.15) is 0 Å². The zero-order chi connectivity index (χ0) is 24.8. The van der Waals surface area contributed by atoms with Crippen molar-refractivity contribution in [3.05, 3.63) is 55.1 Å². The van der Waals surface area contributed by atoms with Crippen molar-refractivity contribution in [2.45, 2.75) is 19.9 Å². The molecule has 0 aliphatic carbocycles. The third-order valence-electron chi connectivity index (χ3n) is 6.67. The minimum absolute atomic E-state index is 0.164. The molecular formula is C25H26FN9O. The van der Waals surface area contributed by atoms with E-state index in [-0.39, 0.29) is 11.3 Å². The standard InChI is InChI=1S/C25H26FN9O/c1-15(2)33-5-7-34(8-6-33)25-30-12-18(13-31-25)32-22-23-27-3-4-35(23)20(14-28-22)16-9-17-11-29-24(36)21(17)19(26)10-16/h3-4,9-15,29,36H,5-8H2,1-2H3,(H,28,32). The quantitative estimate of drug-likeness (QED) is 0.344. The van der Waals surface area contributed by atoms with Gasteiger partial charge in [0.05, 0.1) is 35.4 Å². The summed E-state index contributed by atoms with van der Waals surface area (Å²) in [4.78, 5) is 25.4. The highest BCUT2D eigenvalue weighted by Gasteiger charge is 2.21. The molecule has 1 saturated heterocycles. The topological polar surface area (TPSA) is 110 Å². The monoisotopic (exact) mass is 487 g/mol. The number of fused-ring (bicyclic) bond motifs is 2. The van der Waals surface area contributed by atoms with Gasteiger partial charge in [0, 0.05) is 61.8 Å². The molecule has 10 nitrogen and oxygen atoms in total. The molecule has 5 heterocycles. The van der Waals surface area contributed by atoms with Crippen LogP contribution in [0.3, 0.4) is 0 Å². The SMILES string of the molecule is CC(C)N1CCN(c2ncc(Nc3ncc(-c4cc(F)c5c(O)[nH]cc5c4)n4ccnc34)cn2)CC1. The number of nitrogens with zero attached hydrogens (tertiary/aromatic N) is 7. The number of benzene rings is 1. The van der Waals surface area contributed by atoms with Crippen molar-refractivity contribution in [2.24, 2.45) is 0 Å². The van der Waals surface area contributed by atoms with Gasteiger partial charge in [-0.15, -0.1) is 0 Å². The lowest BCUT2D eigenvalue weighted by Crippen LogP contribution is -2.49. The van der Waals surface area contributed by atoms with E-state index in [1.807, 2.05) is 4.40 Å². The molecule has 184 valence electrons. The third-order valence-corrected chi connectivity index (χ3v) is 6.67. The molecule has 0 atom stereocenters. The molecule has 4 aromatic heterocycles. The first-order valence-corrected chi connectivity index (χ1v) is 11.9. The number of halogens is 1. The van der Waals surface area contributed by atoms with Gasteiger partial charge in [0.2, 0.25) is 5.95 Å². The zero-order valence-electron chi connectivity index (χ0n) is 20.0. The molecule has 0 radical (unpaired) electrons. The maximum Gasteiger partial charge on any atom is 0.225 e. The van der Waals surface area contributed by atoms with Crippen LogP contribution >= 0.6 is 0 Å². The molecule has 0 bridgehead atoms. The van der Waals surface area contributed by atoms with Gasteiger partial charge >= 0.3 is 0 Å². The normalized spacial score (nSPS) is 14.8. The lowest BCUT2D eigenvalue weighted by Gasteiger charge is -2.36. The van der Waals surface area contributed by atoms with Crippen LogP contribution in [0.2, 0.25) is 0 Å². The number of aromatic nitrogens is 6. The van der Waals surface area contributed by atoms with Crippen molar-refractivity contribution in [3.8, 4) is 17.1 Å². The van der Waals surface area contributed by atoms with Crippen molar-refractivity contribution in [3.63, 3.8) is 0 Å². The molecule has 3 N–H and O–H groups in total. The predicted molar refractivity (Wildman–Crippen MR) is 136 cm³/mol. The van der Waals surface area contributed by atoms with Crippen molar-refractivity contribution in [1.29, 1.82) is 0 Å². The van der Waals surface area contributed by atoms with Gasteiger partial charge in [-0.25, -0.2) is 24.3 Å². The van der Waals surface area contributed by atoms with Crippen LogP contribution in [0.25, 0.3) is 27.7 Å². The van der Waals surface area contributed by atoms with Crippen molar-refractivity contribution >= 4 is 33.9 Å². The van der Waals surface area contributed by atoms with Crippen LogP contribution in [0, 0.1) is 5.82 Å². The van der Waals surface area contributed by atoms with Crippen LogP contribution in [-0.2, 0) is 0 Å². The molecule has 1 aliphatic rings. The lowest BCUT2D eigenvalue weighted by atomic mass is 10.1. The van der Waals surface area contributed by atoms with Gasteiger partial charge in [0.15, 0.2) is 17.3 Å². The molecule has 0 saturated carbocycles. The van der Waals surface area contributed by atoms with Crippen LogP contribution in [-0.4, -0.2) is 71.5 Å². The van der Waals surface area contributed by atoms with E-state index in [9.17, 15) is 9.50 Å². The Morgan fingerprint density at radius 1 is 1.03 bits per heavy atom. The summed E-state index contributed by atoms with van der Waals surface area (Å²) in [5, 5.41) is 13.8. The van der Waals surface area contributed by atoms with Crippen LogP contribution in [0.5, 0.6) is 5.88 Å². The van der Waals surface area contributed by atoms with Crippen molar-refractivity contribution in [2.75, 3.05) is 36.4 Å². The summed E-state index contributed by atoms with van der Waals surface area (Å²) in [5.41, 5.74) is 2.56. The molecule has 6 rings (SSSR count). The van der Waals surface area contributed by atoms with Crippen LogP contribution in [0.4, 0.5) is 21.8 Å². The van der Waals surface area contributed by atoms with E-state index >= 15 is 0 Å². The number of imidazole rings is 1. The van der Waals surface area contributed by atoms with E-state index in [2.05, 4.69) is 53.9 Å². The number of piperazine rings is 1. The van der Waals surface area contributed by atoms with Gasteiger partial charge in [-0.3, -0.25) is 9.30 Å². The Kier molecular flexibility index (Phi) is 5.41. The largest absolute Gasteiger partial charge is 0.494 e. The average molecular weight is 488 g/mol. The third kappa shape index (κ3) is 3.87. The number of hydrogen-bond acceptors (Lipinski definition) is 8. The first-order valence-electron chi connectivity index (χ1n) is 11.9. The van der Waals surface area contributed by atoms with Gasteiger partial charge in [-0.05, 0) is 26.0 Å². The Morgan fingerprint density at radius 3 is 2.56 bits per heavy atom. The summed E-state index contributed by atoms with van der Waals surface area (Å²) >= 11 is 0. The first kappa shape index (κ1) is 22.2. The summed E-state index contributed by atoms with van der Waals surface area (Å²) in [6.07, 6.45) is 10.2. The highest BCUT2D eigenvalue weighted by atomic mass is 19.1. The number of H-pyrrole nitrogens is 1. The highest BCUT2D eigenvalue weighted by Crippen LogP contribution is 2.32. The van der Waals surface area contributed by atoms with Crippen molar-refractivity contribution < 1.29 is 9.50 Å². The Morgan fingerprint density at radius 2 is 1.81 bits per heavy atom. The Balaban J connectivity index is 1.25. The molecule has 36 heavy (non-hydrogen) atoms. The zero-order valence-corrected chi connectivity index (χ0v) is 20.0. The minimum atomic E-state index is -0.514. The fraction of sp³-hybridized carbons (Fsp3) is 0.280. The summed E-state index contributed by atoms with van der Waals surface area (Å²) in [7, 11) is 0. The average Bonchev–Trinajstić information content (AvgIpc) is 3.52. The smallest absolute Gasteiger partial charge is 0.225 e. The van der Waals surface area contributed by atoms with Crippen LogP contribution in [0.1, 0.15) is 13.8 Å². The van der Waals surface area contributed by atoms with Gasteiger partial charge in [-0.1, -0.05) is 0 Å². The van der Waals surface area contributed by atoms with Crippen LogP contribution < -0.4 is 10.2 Å². The molecular weight excluding hydrogens is 461 g/mol. The second-order valence-corrected chi connectivity index (χ2v) is 9.19. The predicted octanol–water partition coefficient (Wildman–Crippen LogP) is 3.79. The van der Waals surface area contributed by atoms with E-state index in [0.717, 1.165) is 26.2 Å². The molecule has 11 heteroatoms. The van der Waals surface area contributed by atoms with Gasteiger partial charge in [0.25, 0.3) is 0 Å². The highest BCUT2D eigenvalue weighted by molar-refractivity contribution is 5.91. The van der Waals surface area contributed by atoms with E-state index in [0.29, 0.717) is 45.8 Å². The Hall–Kier alpha value is -4.25. The molecule has 0 spiro atoms. The molecule has 1 aliphatic heterocycles. The first-order chi connectivity index (χ1) is 17.5. The number of nitrogens with one attached hydrogen (secondary N) is 2. The fourth-order valence-corrected chi connectivity index (χ4v) is 4.70. The van der Waals surface area contributed by atoms with Gasteiger partial charge in [0.1, 0.15) is 5.82 Å². The molecule has 1 fully saturated rings. The second kappa shape index (κ2) is 8.76. The summed E-state index contributed by atoms with van der Waals surface area (Å²) in [6.45, 7) is 8.23. The Labute approximate surface area is 206 Å². The number of aromatic amines is 1. The summed E-state index contributed by atoms with van der Waals surface area (Å²) < 4.78 is 16.5. The molecule has 0 amide bonds. The fourth-order valence-electron chi connectivity index (χ4n) is 4.70. The summed E-state index contributed by atoms with van der Waals surface area (Å²) in [5.74, 6) is 0.544. The number of hydrogen-bond donors (Lipinski definition) is 3. The molecule has 1 aromatic carbocycles. The minimum Gasteiger partial charge on any atom is -0.494 e. The van der Waals surface area contributed by atoms with E-state index < -0.39 is 5.82 Å². The number of aromatic hydroxyl groups is 1. The number of anilines is 3. The van der Waals surface area contributed by atoms with E-state index in [4.69, 9.17) is 0 Å². The molecule has 0 unspecified atom stereocenters. The number of rotatable bonds is 5. The van der Waals surface area contributed by atoms with Crippen LogP contribution in [0.15, 0.2) is 49.3 Å². The maximum atomic E-state index is 14.7. The Bertz CT molecular complexity index is 1540. The van der Waals surface area contributed by atoms with Crippen molar-refractivity contribution in [1.82, 2.24) is 34.2 Å². The maximum absolute atomic E-state index is 14.7. The lowest BCUT2D eigenvalue weighted by molar-refractivity contribution is 0.208.